The minimum Gasteiger partial charge on any atom is -0.0774 e. The first-order valence-electron chi connectivity index (χ1n) is 11.6. The molecule has 0 saturated heterocycles. The van der Waals surface area contributed by atoms with Gasteiger partial charge in [0.05, 0.1) is 7.85 Å². The molecule has 1 aromatic carbocycles. The highest BCUT2D eigenvalue weighted by Crippen LogP contribution is 2.45. The molecule has 0 nitrogen and oxygen atoms in total. The first-order chi connectivity index (χ1) is 12.7. The summed E-state index contributed by atoms with van der Waals surface area (Å²) in [5.41, 5.74) is 4.85. The second-order valence-corrected chi connectivity index (χ2v) is 9.74. The SMILES string of the molecule is [B]C1CCC(C2CCC(c3ccc(C4CCCCC4)c(C)c3)CC2)CC1. The molecule has 1 heteroatoms. The lowest BCUT2D eigenvalue weighted by atomic mass is 9.65. The molecular formula is C25H37B. The molecule has 0 aliphatic heterocycles. The van der Waals surface area contributed by atoms with Crippen molar-refractivity contribution in [2.45, 2.75) is 108 Å². The van der Waals surface area contributed by atoms with Crippen molar-refractivity contribution in [3.63, 3.8) is 0 Å². The summed E-state index contributed by atoms with van der Waals surface area (Å²) in [7, 11) is 6.10. The maximum atomic E-state index is 6.10. The number of benzene rings is 1. The standard InChI is InChI=1S/C25H37B/c1-18-17-23(13-16-25(18)22-5-3-2-4-6-22)21-9-7-19(8-10-21)20-11-14-24(26)15-12-20/h13,16-17,19-22,24H,2-12,14-15H2,1H3. The van der Waals surface area contributed by atoms with Crippen LogP contribution in [0.5, 0.6) is 0 Å². The molecule has 3 aliphatic carbocycles. The number of hydrogen-bond acceptors (Lipinski definition) is 0. The van der Waals surface area contributed by atoms with E-state index in [9.17, 15) is 0 Å². The van der Waals surface area contributed by atoms with E-state index in [0.717, 1.165) is 23.7 Å². The molecule has 0 spiro atoms. The molecule has 0 bridgehead atoms. The summed E-state index contributed by atoms with van der Waals surface area (Å²) >= 11 is 0. The first-order valence-corrected chi connectivity index (χ1v) is 11.6. The Bertz CT molecular complexity index is 570. The first kappa shape index (κ1) is 18.6. The number of rotatable bonds is 3. The van der Waals surface area contributed by atoms with Crippen LogP contribution in [0, 0.1) is 18.8 Å². The van der Waals surface area contributed by atoms with Crippen LogP contribution < -0.4 is 0 Å². The van der Waals surface area contributed by atoms with Gasteiger partial charge in [-0.3, -0.25) is 0 Å². The normalized spacial score (nSPS) is 33.9. The zero-order valence-corrected chi connectivity index (χ0v) is 16.9. The summed E-state index contributed by atoms with van der Waals surface area (Å²) in [4.78, 5) is 0. The summed E-state index contributed by atoms with van der Waals surface area (Å²) in [6.45, 7) is 2.37. The minimum atomic E-state index is 0.494. The van der Waals surface area contributed by atoms with Crippen molar-refractivity contribution in [1.29, 1.82) is 0 Å². The molecule has 26 heavy (non-hydrogen) atoms. The topological polar surface area (TPSA) is 0 Å². The molecule has 1 aromatic rings. The molecule has 140 valence electrons. The van der Waals surface area contributed by atoms with Gasteiger partial charge >= 0.3 is 0 Å². The largest absolute Gasteiger partial charge is 0.0774 e. The average molecular weight is 348 g/mol. The van der Waals surface area contributed by atoms with Crippen molar-refractivity contribution in [2.24, 2.45) is 11.8 Å². The van der Waals surface area contributed by atoms with Crippen LogP contribution in [0.2, 0.25) is 5.82 Å². The average Bonchev–Trinajstić information content (AvgIpc) is 2.69. The van der Waals surface area contributed by atoms with Crippen molar-refractivity contribution in [3.8, 4) is 0 Å². The monoisotopic (exact) mass is 348 g/mol. The maximum absolute atomic E-state index is 6.10. The highest BCUT2D eigenvalue weighted by molar-refractivity contribution is 6.11. The Morgan fingerprint density at radius 1 is 0.692 bits per heavy atom. The van der Waals surface area contributed by atoms with Crippen LogP contribution in [-0.4, -0.2) is 7.85 Å². The van der Waals surface area contributed by atoms with E-state index in [0.29, 0.717) is 5.82 Å². The highest BCUT2D eigenvalue weighted by Gasteiger charge is 2.30. The zero-order chi connectivity index (χ0) is 17.9. The number of aryl methyl sites for hydroxylation is 1. The Hall–Kier alpha value is -0.715. The van der Waals surface area contributed by atoms with Crippen molar-refractivity contribution in [1.82, 2.24) is 0 Å². The molecule has 3 saturated carbocycles. The molecule has 0 amide bonds. The van der Waals surface area contributed by atoms with E-state index in [4.69, 9.17) is 7.85 Å². The zero-order valence-electron chi connectivity index (χ0n) is 16.9. The predicted octanol–water partition coefficient (Wildman–Crippen LogP) is 7.46. The molecule has 0 unspecified atom stereocenters. The highest BCUT2D eigenvalue weighted by atomic mass is 14.4. The van der Waals surface area contributed by atoms with Crippen molar-refractivity contribution in [3.05, 3.63) is 34.9 Å². The summed E-state index contributed by atoms with van der Waals surface area (Å²) in [5, 5.41) is 0. The molecule has 3 aliphatic rings. The molecule has 3 fully saturated rings. The van der Waals surface area contributed by atoms with Gasteiger partial charge < -0.3 is 0 Å². The third-order valence-corrected chi connectivity index (χ3v) is 8.07. The van der Waals surface area contributed by atoms with Gasteiger partial charge in [-0.25, -0.2) is 0 Å². The van der Waals surface area contributed by atoms with E-state index < -0.39 is 0 Å². The molecule has 0 atom stereocenters. The Morgan fingerprint density at radius 3 is 1.92 bits per heavy atom. The van der Waals surface area contributed by atoms with Gasteiger partial charge in [0.25, 0.3) is 0 Å². The smallest absolute Gasteiger partial charge is 0.0699 e. The minimum absolute atomic E-state index is 0.494. The van der Waals surface area contributed by atoms with Crippen LogP contribution in [0.4, 0.5) is 0 Å². The lowest BCUT2D eigenvalue weighted by Crippen LogP contribution is -2.24. The van der Waals surface area contributed by atoms with E-state index in [-0.39, 0.29) is 0 Å². The van der Waals surface area contributed by atoms with Gasteiger partial charge in [-0.05, 0) is 85.8 Å². The second-order valence-electron chi connectivity index (χ2n) is 9.74. The molecule has 4 rings (SSSR count). The third kappa shape index (κ3) is 4.23. The van der Waals surface area contributed by atoms with Crippen LogP contribution in [0.1, 0.15) is 112 Å². The van der Waals surface area contributed by atoms with E-state index in [1.807, 2.05) is 0 Å². The Morgan fingerprint density at radius 2 is 1.31 bits per heavy atom. The van der Waals surface area contributed by atoms with E-state index >= 15 is 0 Å². The van der Waals surface area contributed by atoms with Gasteiger partial charge in [0.1, 0.15) is 0 Å². The number of hydrogen-bond donors (Lipinski definition) is 0. The Labute approximate surface area is 162 Å². The van der Waals surface area contributed by atoms with Crippen molar-refractivity contribution in [2.75, 3.05) is 0 Å². The van der Waals surface area contributed by atoms with Gasteiger partial charge in [-0.15, -0.1) is 0 Å². The van der Waals surface area contributed by atoms with Gasteiger partial charge in [0, 0.05) is 0 Å². The lowest BCUT2D eigenvalue weighted by molar-refractivity contribution is 0.186. The molecule has 2 radical (unpaired) electrons. The van der Waals surface area contributed by atoms with Crippen LogP contribution >= 0.6 is 0 Å². The summed E-state index contributed by atoms with van der Waals surface area (Å²) in [6.07, 6.45) is 18.2. The summed E-state index contributed by atoms with van der Waals surface area (Å²) in [6, 6.07) is 7.53. The van der Waals surface area contributed by atoms with E-state index in [1.54, 1.807) is 16.7 Å². The maximum Gasteiger partial charge on any atom is 0.0699 e. The van der Waals surface area contributed by atoms with Gasteiger partial charge in [-0.2, -0.15) is 0 Å². The molecule has 0 aromatic heterocycles. The fraction of sp³-hybridized carbons (Fsp3) is 0.760. The molecule has 0 heterocycles. The van der Waals surface area contributed by atoms with Crippen molar-refractivity contribution >= 4 is 7.85 Å². The van der Waals surface area contributed by atoms with Gasteiger partial charge in [0.2, 0.25) is 0 Å². The molecule has 0 N–H and O–H groups in total. The van der Waals surface area contributed by atoms with E-state index in [1.165, 1.54) is 83.5 Å². The van der Waals surface area contributed by atoms with Gasteiger partial charge in [-0.1, -0.05) is 69.0 Å². The lowest BCUT2D eigenvalue weighted by Gasteiger charge is -2.37. The van der Waals surface area contributed by atoms with Crippen molar-refractivity contribution < 1.29 is 0 Å². The van der Waals surface area contributed by atoms with Crippen LogP contribution in [-0.2, 0) is 0 Å². The third-order valence-electron chi connectivity index (χ3n) is 8.07. The van der Waals surface area contributed by atoms with Gasteiger partial charge in [0.15, 0.2) is 0 Å². The summed E-state index contributed by atoms with van der Waals surface area (Å²) in [5.74, 6) is 4.11. The predicted molar refractivity (Wildman–Crippen MR) is 113 cm³/mol. The molecular weight excluding hydrogens is 311 g/mol. The van der Waals surface area contributed by atoms with Crippen LogP contribution in [0.25, 0.3) is 0 Å². The second kappa shape index (κ2) is 8.53. The fourth-order valence-electron chi connectivity index (χ4n) is 6.36. The Balaban J connectivity index is 1.34. The Kier molecular flexibility index (Phi) is 6.12. The van der Waals surface area contributed by atoms with E-state index in [2.05, 4.69) is 25.1 Å². The summed E-state index contributed by atoms with van der Waals surface area (Å²) < 4.78 is 0. The fourth-order valence-corrected chi connectivity index (χ4v) is 6.36. The van der Waals surface area contributed by atoms with Crippen LogP contribution in [0.15, 0.2) is 18.2 Å². The quantitative estimate of drug-likeness (QED) is 0.497. The van der Waals surface area contributed by atoms with Crippen LogP contribution in [0.3, 0.4) is 0 Å².